The van der Waals surface area contributed by atoms with Crippen LogP contribution in [0.3, 0.4) is 0 Å². The summed E-state index contributed by atoms with van der Waals surface area (Å²) in [6.07, 6.45) is 1.74. The van der Waals surface area contributed by atoms with Gasteiger partial charge in [0.25, 0.3) is 5.91 Å². The second kappa shape index (κ2) is 7.97. The fraction of sp³-hybridized carbons (Fsp3) is 0.381. The smallest absolute Gasteiger partial charge is 0.254 e. The molecule has 1 aliphatic carbocycles. The highest BCUT2D eigenvalue weighted by Crippen LogP contribution is 2.27. The summed E-state index contributed by atoms with van der Waals surface area (Å²) in [5.41, 5.74) is 2.18. The van der Waals surface area contributed by atoms with Crippen molar-refractivity contribution >= 4 is 33.2 Å². The standard InChI is InChI=1S/C21H24ClN3O3S/c1-15-6-9-17(29(27,28)23-16-7-8-16)14-18(15)21(26)25-12-10-24(11-13-25)20-5-3-2-4-19(20)22/h2-6,9,14,16,23H,7-8,10-13H2,1H3. The first-order valence-corrected chi connectivity index (χ1v) is 11.6. The van der Waals surface area contributed by atoms with Crippen molar-refractivity contribution in [2.75, 3.05) is 31.1 Å². The van der Waals surface area contributed by atoms with Crippen LogP contribution in [0.1, 0.15) is 28.8 Å². The number of amides is 1. The molecule has 2 aromatic carbocycles. The zero-order valence-corrected chi connectivity index (χ0v) is 17.8. The Labute approximate surface area is 176 Å². The van der Waals surface area contributed by atoms with Gasteiger partial charge in [-0.05, 0) is 49.6 Å². The van der Waals surface area contributed by atoms with E-state index in [-0.39, 0.29) is 16.8 Å². The van der Waals surface area contributed by atoms with Crippen molar-refractivity contribution < 1.29 is 13.2 Å². The number of carbonyl (C=O) groups excluding carboxylic acids is 1. The number of benzene rings is 2. The van der Waals surface area contributed by atoms with E-state index in [1.54, 1.807) is 17.0 Å². The maximum atomic E-state index is 13.1. The van der Waals surface area contributed by atoms with Gasteiger partial charge in [-0.25, -0.2) is 13.1 Å². The highest BCUT2D eigenvalue weighted by atomic mass is 35.5. The Kier molecular flexibility index (Phi) is 5.55. The molecule has 0 radical (unpaired) electrons. The van der Waals surface area contributed by atoms with Crippen molar-refractivity contribution in [3.63, 3.8) is 0 Å². The summed E-state index contributed by atoms with van der Waals surface area (Å²) < 4.78 is 27.7. The van der Waals surface area contributed by atoms with Gasteiger partial charge in [0, 0.05) is 37.8 Å². The van der Waals surface area contributed by atoms with E-state index in [9.17, 15) is 13.2 Å². The molecule has 1 N–H and O–H groups in total. The van der Waals surface area contributed by atoms with E-state index >= 15 is 0 Å². The molecule has 29 heavy (non-hydrogen) atoms. The summed E-state index contributed by atoms with van der Waals surface area (Å²) in [5.74, 6) is -0.134. The number of halogens is 1. The summed E-state index contributed by atoms with van der Waals surface area (Å²) in [7, 11) is -3.59. The van der Waals surface area contributed by atoms with E-state index < -0.39 is 10.0 Å². The van der Waals surface area contributed by atoms with E-state index in [2.05, 4.69) is 9.62 Å². The maximum absolute atomic E-state index is 13.1. The molecule has 2 fully saturated rings. The quantitative estimate of drug-likeness (QED) is 0.786. The molecule has 6 nitrogen and oxygen atoms in total. The minimum atomic E-state index is -3.59. The fourth-order valence-corrected chi connectivity index (χ4v) is 5.10. The Morgan fingerprint density at radius 3 is 2.41 bits per heavy atom. The normalized spacial score (nSPS) is 17.4. The molecule has 0 aromatic heterocycles. The van der Waals surface area contributed by atoms with Gasteiger partial charge in [-0.1, -0.05) is 29.8 Å². The van der Waals surface area contributed by atoms with Gasteiger partial charge in [0.05, 0.1) is 15.6 Å². The maximum Gasteiger partial charge on any atom is 0.254 e. The molecule has 2 aliphatic rings. The molecular formula is C21H24ClN3O3S. The van der Waals surface area contributed by atoms with Crippen LogP contribution >= 0.6 is 11.6 Å². The van der Waals surface area contributed by atoms with Gasteiger partial charge in [0.1, 0.15) is 0 Å². The third-order valence-corrected chi connectivity index (χ3v) is 7.25. The van der Waals surface area contributed by atoms with Crippen molar-refractivity contribution in [3.05, 3.63) is 58.6 Å². The van der Waals surface area contributed by atoms with Gasteiger partial charge in [-0.2, -0.15) is 0 Å². The highest BCUT2D eigenvalue weighted by Gasteiger charge is 2.29. The third kappa shape index (κ3) is 4.42. The van der Waals surface area contributed by atoms with Crippen molar-refractivity contribution in [1.29, 1.82) is 0 Å². The van der Waals surface area contributed by atoms with Crippen molar-refractivity contribution in [1.82, 2.24) is 9.62 Å². The average Bonchev–Trinajstić information content (AvgIpc) is 3.51. The lowest BCUT2D eigenvalue weighted by molar-refractivity contribution is 0.0746. The largest absolute Gasteiger partial charge is 0.367 e. The molecule has 0 atom stereocenters. The Morgan fingerprint density at radius 1 is 1.07 bits per heavy atom. The number of nitrogens with one attached hydrogen (secondary N) is 1. The monoisotopic (exact) mass is 433 g/mol. The molecule has 2 aromatic rings. The summed E-state index contributed by atoms with van der Waals surface area (Å²) >= 11 is 6.29. The number of carbonyl (C=O) groups is 1. The molecule has 1 heterocycles. The van der Waals surface area contributed by atoms with E-state index in [4.69, 9.17) is 11.6 Å². The second-order valence-corrected chi connectivity index (χ2v) is 9.72. The van der Waals surface area contributed by atoms with E-state index in [0.717, 1.165) is 24.1 Å². The molecule has 0 spiro atoms. The van der Waals surface area contributed by atoms with Crippen molar-refractivity contribution in [2.24, 2.45) is 0 Å². The third-order valence-electron chi connectivity index (χ3n) is 5.41. The first kappa shape index (κ1) is 20.2. The van der Waals surface area contributed by atoms with Crippen LogP contribution in [0, 0.1) is 6.92 Å². The summed E-state index contributed by atoms with van der Waals surface area (Å²) in [4.78, 5) is 17.2. The fourth-order valence-electron chi connectivity index (χ4n) is 3.52. The molecule has 8 heteroatoms. The molecule has 1 aliphatic heterocycles. The van der Waals surface area contributed by atoms with Gasteiger partial charge in [0.15, 0.2) is 0 Å². The number of hydrogen-bond donors (Lipinski definition) is 1. The van der Waals surface area contributed by atoms with Crippen molar-refractivity contribution in [3.8, 4) is 0 Å². The van der Waals surface area contributed by atoms with Crippen LogP contribution in [0.4, 0.5) is 5.69 Å². The van der Waals surface area contributed by atoms with Crippen LogP contribution in [0.15, 0.2) is 47.4 Å². The number of piperazine rings is 1. The lowest BCUT2D eigenvalue weighted by Crippen LogP contribution is -2.49. The molecule has 1 saturated heterocycles. The lowest BCUT2D eigenvalue weighted by atomic mass is 10.1. The highest BCUT2D eigenvalue weighted by molar-refractivity contribution is 7.89. The van der Waals surface area contributed by atoms with Gasteiger partial charge >= 0.3 is 0 Å². The minimum Gasteiger partial charge on any atom is -0.367 e. The average molecular weight is 434 g/mol. The Morgan fingerprint density at radius 2 is 1.76 bits per heavy atom. The SMILES string of the molecule is Cc1ccc(S(=O)(=O)NC2CC2)cc1C(=O)N1CCN(c2ccccc2Cl)CC1. The van der Waals surface area contributed by atoms with Gasteiger partial charge in [0.2, 0.25) is 10.0 Å². The number of hydrogen-bond acceptors (Lipinski definition) is 4. The zero-order chi connectivity index (χ0) is 20.6. The zero-order valence-electron chi connectivity index (χ0n) is 16.3. The Bertz CT molecular complexity index is 1030. The molecule has 154 valence electrons. The van der Waals surface area contributed by atoms with Crippen LogP contribution in [-0.2, 0) is 10.0 Å². The number of anilines is 1. The number of rotatable bonds is 5. The van der Waals surface area contributed by atoms with Crippen LogP contribution < -0.4 is 9.62 Å². The lowest BCUT2D eigenvalue weighted by Gasteiger charge is -2.36. The Balaban J connectivity index is 1.49. The van der Waals surface area contributed by atoms with E-state index in [1.165, 1.54) is 6.07 Å². The molecule has 1 amide bonds. The minimum absolute atomic E-state index is 0.0262. The summed E-state index contributed by atoms with van der Waals surface area (Å²) in [6, 6.07) is 12.5. The predicted octanol–water partition coefficient (Wildman–Crippen LogP) is 3.05. The first-order valence-electron chi connectivity index (χ1n) is 9.77. The van der Waals surface area contributed by atoms with Gasteiger partial charge in [-0.3, -0.25) is 4.79 Å². The van der Waals surface area contributed by atoms with Crippen LogP contribution in [0.25, 0.3) is 0 Å². The van der Waals surface area contributed by atoms with E-state index in [0.29, 0.717) is 36.8 Å². The van der Waals surface area contributed by atoms with E-state index in [1.807, 2.05) is 31.2 Å². The summed E-state index contributed by atoms with van der Waals surface area (Å²) in [6.45, 7) is 4.30. The molecule has 1 saturated carbocycles. The molecule has 4 rings (SSSR count). The van der Waals surface area contributed by atoms with Crippen LogP contribution in [0.5, 0.6) is 0 Å². The number of aryl methyl sites for hydroxylation is 1. The van der Waals surface area contributed by atoms with Gasteiger partial charge < -0.3 is 9.80 Å². The molecule has 0 unspecified atom stereocenters. The second-order valence-electron chi connectivity index (χ2n) is 7.60. The van der Waals surface area contributed by atoms with Crippen LogP contribution in [-0.4, -0.2) is 51.4 Å². The van der Waals surface area contributed by atoms with Crippen molar-refractivity contribution in [2.45, 2.75) is 30.7 Å². The topological polar surface area (TPSA) is 69.7 Å². The summed E-state index contributed by atoms with van der Waals surface area (Å²) in [5, 5.41) is 0.698. The van der Waals surface area contributed by atoms with Gasteiger partial charge in [-0.15, -0.1) is 0 Å². The number of nitrogens with zero attached hydrogens (tertiary/aromatic N) is 2. The predicted molar refractivity (Wildman–Crippen MR) is 114 cm³/mol. The Hall–Kier alpha value is -2.09. The van der Waals surface area contributed by atoms with Crippen LogP contribution in [0.2, 0.25) is 5.02 Å². The molecule has 0 bridgehead atoms. The molecular weight excluding hydrogens is 410 g/mol. The number of sulfonamides is 1. The first-order chi connectivity index (χ1) is 13.8. The number of para-hydroxylation sites is 1.